The fourth-order valence-electron chi connectivity index (χ4n) is 2.36. The topological polar surface area (TPSA) is 50.2 Å². The van der Waals surface area contributed by atoms with Crippen LogP contribution in [0.2, 0.25) is 0 Å². The Bertz CT molecular complexity index is 363. The lowest BCUT2D eigenvalue weighted by Gasteiger charge is -2.30. The molecule has 1 aromatic heterocycles. The van der Waals surface area contributed by atoms with Crippen molar-refractivity contribution in [3.8, 4) is 0 Å². The summed E-state index contributed by atoms with van der Waals surface area (Å²) in [5.74, 6) is 0.635. The second kappa shape index (κ2) is 6.42. The molecule has 5 nitrogen and oxygen atoms in total. The number of aryl methyl sites for hydroxylation is 1. The number of carbonyl (C=O) groups is 1. The van der Waals surface area contributed by atoms with Crippen LogP contribution in [0.4, 0.5) is 4.79 Å². The standard InChI is InChI=1S/C13H22N4O/c1-12-4-2-8-17(10-12)13(18)15-5-3-7-16-9-6-14-11-16/h6,9,11-12H,2-5,7-8,10H2,1H3,(H,15,18). The number of hydrogen-bond donors (Lipinski definition) is 1. The van der Waals surface area contributed by atoms with Gasteiger partial charge < -0.3 is 14.8 Å². The van der Waals surface area contributed by atoms with E-state index < -0.39 is 0 Å². The number of urea groups is 1. The molecule has 100 valence electrons. The van der Waals surface area contributed by atoms with Gasteiger partial charge in [-0.05, 0) is 25.2 Å². The predicted molar refractivity (Wildman–Crippen MR) is 70.2 cm³/mol. The van der Waals surface area contributed by atoms with E-state index in [1.165, 1.54) is 6.42 Å². The molecular weight excluding hydrogens is 228 g/mol. The molecule has 18 heavy (non-hydrogen) atoms. The minimum Gasteiger partial charge on any atom is -0.338 e. The van der Waals surface area contributed by atoms with E-state index in [9.17, 15) is 4.79 Å². The lowest BCUT2D eigenvalue weighted by molar-refractivity contribution is 0.169. The highest BCUT2D eigenvalue weighted by atomic mass is 16.2. The van der Waals surface area contributed by atoms with Crippen molar-refractivity contribution in [1.29, 1.82) is 0 Å². The van der Waals surface area contributed by atoms with Gasteiger partial charge in [0.1, 0.15) is 0 Å². The highest BCUT2D eigenvalue weighted by Gasteiger charge is 2.20. The van der Waals surface area contributed by atoms with Crippen molar-refractivity contribution in [2.24, 2.45) is 5.92 Å². The molecule has 1 saturated heterocycles. The first-order valence-corrected chi connectivity index (χ1v) is 6.74. The Kier molecular flexibility index (Phi) is 4.61. The number of piperidine rings is 1. The van der Waals surface area contributed by atoms with Gasteiger partial charge in [-0.2, -0.15) is 0 Å². The first-order valence-electron chi connectivity index (χ1n) is 6.74. The Balaban J connectivity index is 1.62. The Labute approximate surface area is 108 Å². The Morgan fingerprint density at radius 2 is 2.44 bits per heavy atom. The molecule has 0 spiro atoms. The Hall–Kier alpha value is -1.52. The van der Waals surface area contributed by atoms with Gasteiger partial charge in [0, 0.05) is 38.6 Å². The fourth-order valence-corrected chi connectivity index (χ4v) is 2.36. The number of amides is 2. The second-order valence-electron chi connectivity index (χ2n) is 5.08. The van der Waals surface area contributed by atoms with E-state index in [0.29, 0.717) is 5.92 Å². The summed E-state index contributed by atoms with van der Waals surface area (Å²) in [5, 5.41) is 2.99. The molecule has 1 aromatic rings. The third-order valence-corrected chi connectivity index (χ3v) is 3.37. The Morgan fingerprint density at radius 3 is 3.17 bits per heavy atom. The average Bonchev–Trinajstić information content (AvgIpc) is 2.87. The van der Waals surface area contributed by atoms with Crippen molar-refractivity contribution < 1.29 is 4.79 Å². The van der Waals surface area contributed by atoms with Crippen LogP contribution in [-0.4, -0.2) is 40.1 Å². The number of rotatable bonds is 4. The highest BCUT2D eigenvalue weighted by molar-refractivity contribution is 5.74. The Morgan fingerprint density at radius 1 is 1.56 bits per heavy atom. The molecule has 1 N–H and O–H groups in total. The van der Waals surface area contributed by atoms with Crippen LogP contribution in [0.3, 0.4) is 0 Å². The molecule has 2 heterocycles. The zero-order chi connectivity index (χ0) is 12.8. The molecule has 2 amide bonds. The number of nitrogens with zero attached hydrogens (tertiary/aromatic N) is 3. The largest absolute Gasteiger partial charge is 0.338 e. The lowest BCUT2D eigenvalue weighted by atomic mass is 10.0. The molecule has 1 aliphatic rings. The van der Waals surface area contributed by atoms with Gasteiger partial charge in [0.15, 0.2) is 0 Å². The number of hydrogen-bond acceptors (Lipinski definition) is 2. The van der Waals surface area contributed by atoms with Crippen molar-refractivity contribution >= 4 is 6.03 Å². The molecule has 0 radical (unpaired) electrons. The zero-order valence-electron chi connectivity index (χ0n) is 11.0. The monoisotopic (exact) mass is 250 g/mol. The van der Waals surface area contributed by atoms with Crippen molar-refractivity contribution in [3.05, 3.63) is 18.7 Å². The van der Waals surface area contributed by atoms with Crippen molar-refractivity contribution in [3.63, 3.8) is 0 Å². The van der Waals surface area contributed by atoms with Crippen molar-refractivity contribution in [1.82, 2.24) is 19.8 Å². The lowest BCUT2D eigenvalue weighted by Crippen LogP contribution is -2.45. The second-order valence-corrected chi connectivity index (χ2v) is 5.08. The van der Waals surface area contributed by atoms with Crippen molar-refractivity contribution in [2.45, 2.75) is 32.7 Å². The number of likely N-dealkylation sites (tertiary alicyclic amines) is 1. The first-order chi connectivity index (χ1) is 8.75. The molecule has 0 aromatic carbocycles. The maximum Gasteiger partial charge on any atom is 0.317 e. The normalized spacial score (nSPS) is 19.8. The summed E-state index contributed by atoms with van der Waals surface area (Å²) in [6.07, 6.45) is 8.81. The van der Waals surface area contributed by atoms with E-state index >= 15 is 0 Å². The van der Waals surface area contributed by atoms with Crippen LogP contribution >= 0.6 is 0 Å². The molecule has 0 aliphatic carbocycles. The van der Waals surface area contributed by atoms with Crippen LogP contribution in [-0.2, 0) is 6.54 Å². The van der Waals surface area contributed by atoms with Gasteiger partial charge in [0.2, 0.25) is 0 Å². The minimum atomic E-state index is 0.0900. The van der Waals surface area contributed by atoms with Crippen LogP contribution in [0.25, 0.3) is 0 Å². The average molecular weight is 250 g/mol. The van der Waals surface area contributed by atoms with Gasteiger partial charge in [-0.3, -0.25) is 0 Å². The van der Waals surface area contributed by atoms with E-state index in [1.54, 1.807) is 12.5 Å². The number of aromatic nitrogens is 2. The van der Waals surface area contributed by atoms with E-state index in [4.69, 9.17) is 0 Å². The van der Waals surface area contributed by atoms with Crippen molar-refractivity contribution in [2.75, 3.05) is 19.6 Å². The fraction of sp³-hybridized carbons (Fsp3) is 0.692. The summed E-state index contributed by atoms with van der Waals surface area (Å²) in [6, 6.07) is 0.0900. The van der Waals surface area contributed by atoms with E-state index in [2.05, 4.69) is 17.2 Å². The van der Waals surface area contributed by atoms with E-state index in [0.717, 1.165) is 39.0 Å². The molecule has 1 atom stereocenters. The number of carbonyl (C=O) groups excluding carboxylic acids is 1. The maximum absolute atomic E-state index is 11.9. The molecule has 1 fully saturated rings. The van der Waals surface area contributed by atoms with Crippen LogP contribution in [0.1, 0.15) is 26.2 Å². The van der Waals surface area contributed by atoms with Gasteiger partial charge in [0.05, 0.1) is 6.33 Å². The molecule has 1 unspecified atom stereocenters. The zero-order valence-corrected chi connectivity index (χ0v) is 11.0. The molecule has 0 saturated carbocycles. The van der Waals surface area contributed by atoms with Gasteiger partial charge in [-0.25, -0.2) is 9.78 Å². The van der Waals surface area contributed by atoms with Gasteiger partial charge in [-0.15, -0.1) is 0 Å². The first kappa shape index (κ1) is 12.9. The van der Waals surface area contributed by atoms with Crippen LogP contribution in [0, 0.1) is 5.92 Å². The van der Waals surface area contributed by atoms with E-state index in [1.807, 2.05) is 15.7 Å². The molecule has 1 aliphatic heterocycles. The quantitative estimate of drug-likeness (QED) is 0.827. The third-order valence-electron chi connectivity index (χ3n) is 3.37. The molecule has 5 heteroatoms. The van der Waals surface area contributed by atoms with Gasteiger partial charge in [0.25, 0.3) is 0 Å². The van der Waals surface area contributed by atoms with E-state index in [-0.39, 0.29) is 6.03 Å². The summed E-state index contributed by atoms with van der Waals surface area (Å²) in [4.78, 5) is 17.8. The summed E-state index contributed by atoms with van der Waals surface area (Å²) in [5.41, 5.74) is 0. The summed E-state index contributed by atoms with van der Waals surface area (Å²) in [6.45, 7) is 5.63. The SMILES string of the molecule is CC1CCCN(C(=O)NCCCn2ccnc2)C1. The van der Waals surface area contributed by atoms with Crippen LogP contribution in [0.5, 0.6) is 0 Å². The minimum absolute atomic E-state index is 0.0900. The van der Waals surface area contributed by atoms with Gasteiger partial charge in [-0.1, -0.05) is 6.92 Å². The third kappa shape index (κ3) is 3.75. The maximum atomic E-state index is 11.9. The summed E-state index contributed by atoms with van der Waals surface area (Å²) < 4.78 is 2.02. The molecular formula is C13H22N4O. The van der Waals surface area contributed by atoms with Crippen LogP contribution < -0.4 is 5.32 Å². The molecule has 2 rings (SSSR count). The van der Waals surface area contributed by atoms with Crippen LogP contribution in [0.15, 0.2) is 18.7 Å². The summed E-state index contributed by atoms with van der Waals surface area (Å²) >= 11 is 0. The van der Waals surface area contributed by atoms with Gasteiger partial charge >= 0.3 is 6.03 Å². The molecule has 0 bridgehead atoms. The smallest absolute Gasteiger partial charge is 0.317 e. The predicted octanol–water partition coefficient (Wildman–Crippen LogP) is 1.71. The number of imidazole rings is 1. The summed E-state index contributed by atoms with van der Waals surface area (Å²) in [7, 11) is 0. The number of nitrogens with one attached hydrogen (secondary N) is 1. The highest BCUT2D eigenvalue weighted by Crippen LogP contribution is 2.15.